The molecule has 0 unspecified atom stereocenters. The Morgan fingerprint density at radius 2 is 1.91 bits per heavy atom. The van der Waals surface area contributed by atoms with Crippen molar-refractivity contribution in [3.05, 3.63) is 65.2 Å². The first kappa shape index (κ1) is 15.1. The lowest BCUT2D eigenvalue weighted by Gasteiger charge is -2.17. The summed E-state index contributed by atoms with van der Waals surface area (Å²) >= 11 is 0. The molecule has 3 heteroatoms. The Labute approximate surface area is 132 Å². The molecule has 1 heterocycles. The molecule has 3 rings (SSSR count). The highest BCUT2D eigenvalue weighted by Crippen LogP contribution is 2.28. The molecule has 1 saturated heterocycles. The van der Waals surface area contributed by atoms with Crippen LogP contribution in [0, 0.1) is 6.92 Å². The van der Waals surface area contributed by atoms with Gasteiger partial charge in [0.05, 0.1) is 7.11 Å². The lowest BCUT2D eigenvalue weighted by Crippen LogP contribution is -2.28. The normalized spacial score (nSPS) is 22.0. The van der Waals surface area contributed by atoms with Crippen molar-refractivity contribution in [2.75, 3.05) is 20.2 Å². The van der Waals surface area contributed by atoms with Gasteiger partial charge in [-0.2, -0.15) is 0 Å². The van der Waals surface area contributed by atoms with Gasteiger partial charge >= 0.3 is 0 Å². The molecule has 0 bridgehead atoms. The Hall–Kier alpha value is -1.84. The van der Waals surface area contributed by atoms with Gasteiger partial charge in [0.2, 0.25) is 0 Å². The zero-order valence-electron chi connectivity index (χ0n) is 13.3. The number of likely N-dealkylation sites (tertiary alicyclic amines) is 1. The van der Waals surface area contributed by atoms with Crippen molar-refractivity contribution in [3.63, 3.8) is 0 Å². The Bertz CT molecular complexity index is 627. The molecule has 0 aliphatic carbocycles. The van der Waals surface area contributed by atoms with Crippen LogP contribution in [0.25, 0.3) is 0 Å². The lowest BCUT2D eigenvalue weighted by molar-refractivity contribution is 0.322. The van der Waals surface area contributed by atoms with Crippen LogP contribution in [-0.4, -0.2) is 31.1 Å². The van der Waals surface area contributed by atoms with E-state index < -0.39 is 0 Å². The molecule has 0 spiro atoms. The van der Waals surface area contributed by atoms with E-state index in [0.717, 1.165) is 25.4 Å². The van der Waals surface area contributed by atoms with E-state index in [1.165, 1.54) is 16.7 Å². The Morgan fingerprint density at radius 3 is 2.64 bits per heavy atom. The molecule has 2 N–H and O–H groups in total. The van der Waals surface area contributed by atoms with Gasteiger partial charge in [-0.3, -0.25) is 4.90 Å². The van der Waals surface area contributed by atoms with Crippen LogP contribution >= 0.6 is 0 Å². The van der Waals surface area contributed by atoms with E-state index in [9.17, 15) is 0 Å². The predicted octanol–water partition coefficient (Wildman–Crippen LogP) is 2.93. The Kier molecular flexibility index (Phi) is 4.46. The van der Waals surface area contributed by atoms with Crippen LogP contribution in [0.2, 0.25) is 0 Å². The van der Waals surface area contributed by atoms with Gasteiger partial charge in [0.1, 0.15) is 5.75 Å². The van der Waals surface area contributed by atoms with E-state index in [1.807, 2.05) is 0 Å². The van der Waals surface area contributed by atoms with Gasteiger partial charge in [0.25, 0.3) is 0 Å². The number of rotatable bonds is 4. The lowest BCUT2D eigenvalue weighted by atomic mass is 9.95. The van der Waals surface area contributed by atoms with Crippen LogP contribution in [0.15, 0.2) is 48.5 Å². The average Bonchev–Trinajstić information content (AvgIpc) is 2.90. The highest BCUT2D eigenvalue weighted by atomic mass is 16.5. The number of benzene rings is 2. The van der Waals surface area contributed by atoms with Gasteiger partial charge in [-0.05, 0) is 29.7 Å². The van der Waals surface area contributed by atoms with Crippen LogP contribution in [0.1, 0.15) is 22.6 Å². The van der Waals surface area contributed by atoms with E-state index in [0.29, 0.717) is 5.92 Å². The highest BCUT2D eigenvalue weighted by molar-refractivity contribution is 5.36. The minimum Gasteiger partial charge on any atom is -0.496 e. The first-order valence-corrected chi connectivity index (χ1v) is 7.84. The zero-order valence-corrected chi connectivity index (χ0v) is 13.3. The molecule has 2 aromatic rings. The molecule has 0 radical (unpaired) electrons. The van der Waals surface area contributed by atoms with Crippen LogP contribution in [0.5, 0.6) is 5.75 Å². The summed E-state index contributed by atoms with van der Waals surface area (Å²) in [6.45, 7) is 4.95. The van der Waals surface area contributed by atoms with Crippen molar-refractivity contribution in [1.29, 1.82) is 0 Å². The number of nitrogens with zero attached hydrogens (tertiary/aromatic N) is 1. The van der Waals surface area contributed by atoms with Gasteiger partial charge in [-0.15, -0.1) is 0 Å². The number of ether oxygens (including phenoxy) is 1. The molecule has 2 atom stereocenters. The molecule has 22 heavy (non-hydrogen) atoms. The van der Waals surface area contributed by atoms with Gasteiger partial charge in [-0.25, -0.2) is 0 Å². The third kappa shape index (κ3) is 3.16. The average molecular weight is 296 g/mol. The minimum absolute atomic E-state index is 0.203. The molecule has 0 saturated carbocycles. The monoisotopic (exact) mass is 296 g/mol. The zero-order chi connectivity index (χ0) is 15.5. The Balaban J connectivity index is 1.70. The third-order valence-electron chi connectivity index (χ3n) is 4.55. The quantitative estimate of drug-likeness (QED) is 0.943. The van der Waals surface area contributed by atoms with Gasteiger partial charge in [-0.1, -0.05) is 42.5 Å². The summed E-state index contributed by atoms with van der Waals surface area (Å²) in [5.41, 5.74) is 10.2. The third-order valence-corrected chi connectivity index (χ3v) is 4.55. The fraction of sp³-hybridized carbons (Fsp3) is 0.368. The number of hydrogen-bond acceptors (Lipinski definition) is 3. The summed E-state index contributed by atoms with van der Waals surface area (Å²) in [5.74, 6) is 1.38. The van der Waals surface area contributed by atoms with Crippen LogP contribution < -0.4 is 10.5 Å². The second kappa shape index (κ2) is 6.51. The number of nitrogens with two attached hydrogens (primary N) is 1. The number of hydrogen-bond donors (Lipinski definition) is 1. The van der Waals surface area contributed by atoms with Crippen molar-refractivity contribution >= 4 is 0 Å². The summed E-state index contributed by atoms with van der Waals surface area (Å²) < 4.78 is 5.42. The maximum Gasteiger partial charge on any atom is 0.122 e. The van der Waals surface area contributed by atoms with E-state index in [4.69, 9.17) is 10.5 Å². The van der Waals surface area contributed by atoms with Crippen LogP contribution in [-0.2, 0) is 6.54 Å². The van der Waals surface area contributed by atoms with Crippen molar-refractivity contribution in [1.82, 2.24) is 4.90 Å². The predicted molar refractivity (Wildman–Crippen MR) is 90.2 cm³/mol. The maximum absolute atomic E-state index is 6.37. The molecule has 2 aromatic carbocycles. The molecule has 116 valence electrons. The fourth-order valence-corrected chi connectivity index (χ4v) is 3.32. The van der Waals surface area contributed by atoms with Gasteiger partial charge in [0.15, 0.2) is 0 Å². The topological polar surface area (TPSA) is 38.5 Å². The SMILES string of the molecule is COc1cc(CN2C[C@@H](N)[C@H](c3ccccc3)C2)ccc1C. The van der Waals surface area contributed by atoms with Crippen molar-refractivity contribution in [3.8, 4) is 5.75 Å². The second-order valence-corrected chi connectivity index (χ2v) is 6.18. The summed E-state index contributed by atoms with van der Waals surface area (Å²) in [6, 6.07) is 17.3. The minimum atomic E-state index is 0.203. The van der Waals surface area contributed by atoms with Gasteiger partial charge < -0.3 is 10.5 Å². The molecule has 0 amide bonds. The van der Waals surface area contributed by atoms with E-state index in [1.54, 1.807) is 7.11 Å². The van der Waals surface area contributed by atoms with Crippen LogP contribution in [0.4, 0.5) is 0 Å². The molecular formula is C19H24N2O. The summed E-state index contributed by atoms with van der Waals surface area (Å²) in [6.07, 6.45) is 0. The van der Waals surface area contributed by atoms with E-state index in [2.05, 4.69) is 60.4 Å². The van der Waals surface area contributed by atoms with Crippen LogP contribution in [0.3, 0.4) is 0 Å². The molecule has 3 nitrogen and oxygen atoms in total. The molecule has 1 aliphatic rings. The summed E-state index contributed by atoms with van der Waals surface area (Å²) in [5, 5.41) is 0. The highest BCUT2D eigenvalue weighted by Gasteiger charge is 2.30. The number of methoxy groups -OCH3 is 1. The van der Waals surface area contributed by atoms with E-state index in [-0.39, 0.29) is 6.04 Å². The van der Waals surface area contributed by atoms with Crippen molar-refractivity contribution < 1.29 is 4.74 Å². The first-order chi connectivity index (χ1) is 10.7. The molecule has 1 aliphatic heterocycles. The molecular weight excluding hydrogens is 272 g/mol. The molecule has 0 aromatic heterocycles. The van der Waals surface area contributed by atoms with Crippen molar-refractivity contribution in [2.24, 2.45) is 5.73 Å². The summed E-state index contributed by atoms with van der Waals surface area (Å²) in [7, 11) is 1.73. The van der Waals surface area contributed by atoms with Crippen molar-refractivity contribution in [2.45, 2.75) is 25.4 Å². The first-order valence-electron chi connectivity index (χ1n) is 7.84. The second-order valence-electron chi connectivity index (χ2n) is 6.18. The molecule has 1 fully saturated rings. The number of aryl methyl sites for hydroxylation is 1. The maximum atomic E-state index is 6.37. The largest absolute Gasteiger partial charge is 0.496 e. The van der Waals surface area contributed by atoms with E-state index >= 15 is 0 Å². The Morgan fingerprint density at radius 1 is 1.14 bits per heavy atom. The summed E-state index contributed by atoms with van der Waals surface area (Å²) in [4.78, 5) is 2.44. The standard InChI is InChI=1S/C19H24N2O/c1-14-8-9-15(10-19(14)22-2)11-21-12-17(18(20)13-21)16-6-4-3-5-7-16/h3-10,17-18H,11-13,20H2,1-2H3/t17-,18+/m0/s1. The smallest absolute Gasteiger partial charge is 0.122 e. The fourth-order valence-electron chi connectivity index (χ4n) is 3.32. The van der Waals surface area contributed by atoms with Gasteiger partial charge in [0, 0.05) is 31.6 Å².